The minimum absolute atomic E-state index is 0.0784. The molecule has 1 aliphatic heterocycles. The number of hydrogen-bond acceptors (Lipinski definition) is 5. The van der Waals surface area contributed by atoms with Crippen LogP contribution in [-0.4, -0.2) is 44.2 Å². The molecule has 1 saturated heterocycles. The molecule has 0 radical (unpaired) electrons. The van der Waals surface area contributed by atoms with Crippen molar-refractivity contribution in [1.82, 2.24) is 4.31 Å². The summed E-state index contributed by atoms with van der Waals surface area (Å²) in [4.78, 5) is 23.4. The SMILES string of the molecule is CCOC(=O)C1CCCN(S(=O)(=O)c2cccc(C(C)=O)c2)C1. The van der Waals surface area contributed by atoms with Crippen molar-refractivity contribution in [3.8, 4) is 0 Å². The van der Waals surface area contributed by atoms with Crippen molar-refractivity contribution in [3.63, 3.8) is 0 Å². The summed E-state index contributed by atoms with van der Waals surface area (Å²) in [7, 11) is -3.73. The molecule has 0 aliphatic carbocycles. The standard InChI is InChI=1S/C16H21NO5S/c1-3-22-16(19)14-7-5-9-17(11-14)23(20,21)15-8-4-6-13(10-15)12(2)18/h4,6,8,10,14H,3,5,7,9,11H2,1-2H3. The summed E-state index contributed by atoms with van der Waals surface area (Å²) in [5.41, 5.74) is 0.352. The normalized spacial score (nSPS) is 19.3. The van der Waals surface area contributed by atoms with Gasteiger partial charge in [-0.1, -0.05) is 12.1 Å². The Morgan fingerprint density at radius 1 is 1.35 bits per heavy atom. The van der Waals surface area contributed by atoms with E-state index >= 15 is 0 Å². The lowest BCUT2D eigenvalue weighted by Gasteiger charge is -2.30. The van der Waals surface area contributed by atoms with E-state index in [9.17, 15) is 18.0 Å². The molecule has 6 nitrogen and oxygen atoms in total. The van der Waals surface area contributed by atoms with Crippen LogP contribution in [0.2, 0.25) is 0 Å². The van der Waals surface area contributed by atoms with E-state index in [1.54, 1.807) is 19.1 Å². The van der Waals surface area contributed by atoms with Gasteiger partial charge in [0.2, 0.25) is 10.0 Å². The number of ether oxygens (including phenoxy) is 1. The molecule has 0 saturated carbocycles. The van der Waals surface area contributed by atoms with E-state index in [0.29, 0.717) is 24.9 Å². The molecular weight excluding hydrogens is 318 g/mol. The Kier molecular flexibility index (Phi) is 5.54. The van der Waals surface area contributed by atoms with Crippen molar-refractivity contribution in [2.45, 2.75) is 31.6 Å². The van der Waals surface area contributed by atoms with E-state index in [0.717, 1.165) is 0 Å². The van der Waals surface area contributed by atoms with E-state index < -0.39 is 15.9 Å². The average Bonchev–Trinajstić information content (AvgIpc) is 2.55. The number of Topliss-reactive ketones (excluding diaryl/α,β-unsaturated/α-hetero) is 1. The second-order valence-corrected chi connectivity index (χ2v) is 7.48. The zero-order valence-electron chi connectivity index (χ0n) is 13.3. The van der Waals surface area contributed by atoms with Crippen LogP contribution in [0.25, 0.3) is 0 Å². The maximum Gasteiger partial charge on any atom is 0.310 e. The number of carbonyl (C=O) groups excluding carboxylic acids is 2. The van der Waals surface area contributed by atoms with Gasteiger partial charge < -0.3 is 4.74 Å². The summed E-state index contributed by atoms with van der Waals surface area (Å²) in [6.07, 6.45) is 1.23. The molecule has 126 valence electrons. The monoisotopic (exact) mass is 339 g/mol. The quantitative estimate of drug-likeness (QED) is 0.604. The number of piperidine rings is 1. The molecule has 0 N–H and O–H groups in total. The van der Waals surface area contributed by atoms with Crippen LogP contribution in [-0.2, 0) is 19.6 Å². The molecular formula is C16H21NO5S. The first-order chi connectivity index (χ1) is 10.9. The van der Waals surface area contributed by atoms with Crippen LogP contribution >= 0.6 is 0 Å². The topological polar surface area (TPSA) is 80.8 Å². The van der Waals surface area contributed by atoms with Gasteiger partial charge in [-0.15, -0.1) is 0 Å². The highest BCUT2D eigenvalue weighted by atomic mass is 32.2. The Morgan fingerprint density at radius 2 is 2.09 bits per heavy atom. The second-order valence-electron chi connectivity index (χ2n) is 5.54. The fourth-order valence-electron chi connectivity index (χ4n) is 2.64. The van der Waals surface area contributed by atoms with E-state index in [-0.39, 0.29) is 29.8 Å². The highest BCUT2D eigenvalue weighted by molar-refractivity contribution is 7.89. The minimum atomic E-state index is -3.73. The van der Waals surface area contributed by atoms with Crippen molar-refractivity contribution >= 4 is 21.8 Å². The van der Waals surface area contributed by atoms with Gasteiger partial charge in [-0.05, 0) is 38.8 Å². The summed E-state index contributed by atoms with van der Waals surface area (Å²) in [5.74, 6) is -0.982. The Hall–Kier alpha value is -1.73. The molecule has 2 rings (SSSR count). The molecule has 0 amide bonds. The summed E-state index contributed by atoms with van der Waals surface area (Å²) in [6.45, 7) is 3.88. The third kappa shape index (κ3) is 3.97. The maximum absolute atomic E-state index is 12.8. The van der Waals surface area contributed by atoms with Gasteiger partial charge in [0.1, 0.15) is 0 Å². The van der Waals surface area contributed by atoms with E-state index in [4.69, 9.17) is 4.74 Å². The highest BCUT2D eigenvalue weighted by Gasteiger charge is 2.34. The summed E-state index contributed by atoms with van der Waals surface area (Å²) < 4.78 is 31.8. The average molecular weight is 339 g/mol. The summed E-state index contributed by atoms with van der Waals surface area (Å²) in [6, 6.07) is 5.98. The van der Waals surface area contributed by atoms with Crippen LogP contribution in [0.3, 0.4) is 0 Å². The number of carbonyl (C=O) groups is 2. The lowest BCUT2D eigenvalue weighted by molar-refractivity contribution is -0.149. The number of ketones is 1. The molecule has 23 heavy (non-hydrogen) atoms. The van der Waals surface area contributed by atoms with Gasteiger partial charge in [0, 0.05) is 18.7 Å². The summed E-state index contributed by atoms with van der Waals surface area (Å²) in [5, 5.41) is 0. The maximum atomic E-state index is 12.8. The predicted octanol–water partition coefficient (Wildman–Crippen LogP) is 1.85. The van der Waals surface area contributed by atoms with Crippen LogP contribution in [0.5, 0.6) is 0 Å². The fraction of sp³-hybridized carbons (Fsp3) is 0.500. The Balaban J connectivity index is 2.23. The molecule has 1 aromatic carbocycles. The first-order valence-electron chi connectivity index (χ1n) is 7.64. The van der Waals surface area contributed by atoms with Crippen molar-refractivity contribution in [3.05, 3.63) is 29.8 Å². The zero-order valence-corrected chi connectivity index (χ0v) is 14.1. The molecule has 1 aromatic rings. The Labute approximate surface area is 136 Å². The van der Waals surface area contributed by atoms with Crippen LogP contribution in [0.15, 0.2) is 29.2 Å². The molecule has 1 atom stereocenters. The molecule has 0 spiro atoms. The largest absolute Gasteiger partial charge is 0.466 e. The third-order valence-corrected chi connectivity index (χ3v) is 5.74. The third-order valence-electron chi connectivity index (χ3n) is 3.88. The smallest absolute Gasteiger partial charge is 0.310 e. The number of nitrogens with zero attached hydrogens (tertiary/aromatic N) is 1. The first-order valence-corrected chi connectivity index (χ1v) is 9.08. The second kappa shape index (κ2) is 7.23. The summed E-state index contributed by atoms with van der Waals surface area (Å²) >= 11 is 0. The number of sulfonamides is 1. The number of hydrogen-bond donors (Lipinski definition) is 0. The van der Waals surface area contributed by atoms with E-state index in [1.807, 2.05) is 0 Å². The van der Waals surface area contributed by atoms with Crippen LogP contribution < -0.4 is 0 Å². The number of rotatable bonds is 5. The van der Waals surface area contributed by atoms with Gasteiger partial charge in [0.15, 0.2) is 5.78 Å². The highest BCUT2D eigenvalue weighted by Crippen LogP contribution is 2.25. The predicted molar refractivity (Wildman–Crippen MR) is 84.6 cm³/mol. The van der Waals surface area contributed by atoms with Crippen molar-refractivity contribution < 1.29 is 22.7 Å². The van der Waals surface area contributed by atoms with Gasteiger partial charge in [0.25, 0.3) is 0 Å². The van der Waals surface area contributed by atoms with Crippen molar-refractivity contribution in [2.24, 2.45) is 5.92 Å². The lowest BCUT2D eigenvalue weighted by Crippen LogP contribution is -2.42. The van der Waals surface area contributed by atoms with Gasteiger partial charge in [0.05, 0.1) is 17.4 Å². The lowest BCUT2D eigenvalue weighted by atomic mass is 10.0. The van der Waals surface area contributed by atoms with Crippen molar-refractivity contribution in [2.75, 3.05) is 19.7 Å². The molecule has 0 aromatic heterocycles. The molecule has 1 heterocycles. The molecule has 0 bridgehead atoms. The van der Waals surface area contributed by atoms with Crippen LogP contribution in [0, 0.1) is 5.92 Å². The zero-order chi connectivity index (χ0) is 17.0. The van der Waals surface area contributed by atoms with Gasteiger partial charge >= 0.3 is 5.97 Å². The van der Waals surface area contributed by atoms with Crippen molar-refractivity contribution in [1.29, 1.82) is 0 Å². The molecule has 1 fully saturated rings. The molecule has 7 heteroatoms. The fourth-order valence-corrected chi connectivity index (χ4v) is 4.21. The minimum Gasteiger partial charge on any atom is -0.466 e. The van der Waals surface area contributed by atoms with Gasteiger partial charge in [-0.25, -0.2) is 8.42 Å². The number of esters is 1. The molecule has 1 aliphatic rings. The Morgan fingerprint density at radius 3 is 2.74 bits per heavy atom. The van der Waals surface area contributed by atoms with Gasteiger partial charge in [-0.2, -0.15) is 4.31 Å². The number of benzene rings is 1. The molecule has 1 unspecified atom stereocenters. The van der Waals surface area contributed by atoms with Crippen LogP contribution in [0.1, 0.15) is 37.0 Å². The first kappa shape index (κ1) is 17.6. The van der Waals surface area contributed by atoms with Gasteiger partial charge in [-0.3, -0.25) is 9.59 Å². The Bertz CT molecular complexity index is 698. The van der Waals surface area contributed by atoms with E-state index in [2.05, 4.69) is 0 Å². The van der Waals surface area contributed by atoms with E-state index in [1.165, 1.54) is 23.4 Å². The van der Waals surface area contributed by atoms with Crippen LogP contribution in [0.4, 0.5) is 0 Å².